The number of aliphatic carboxylic acids is 1. The zero-order valence-electron chi connectivity index (χ0n) is 13.1. The molecule has 1 heterocycles. The molecule has 1 aliphatic rings. The lowest BCUT2D eigenvalue weighted by atomic mass is 9.77. The van der Waals surface area contributed by atoms with Crippen LogP contribution in [0.5, 0.6) is 0 Å². The van der Waals surface area contributed by atoms with E-state index in [0.29, 0.717) is 16.5 Å². The number of carbonyl (C=O) groups is 2. The van der Waals surface area contributed by atoms with Crippen LogP contribution >= 0.6 is 11.6 Å². The number of amides is 1. The van der Waals surface area contributed by atoms with Crippen LogP contribution in [0.15, 0.2) is 54.6 Å². The fraction of sp³-hybridized carbons (Fsp3) is 0.222. The quantitative estimate of drug-likeness (QED) is 0.800. The van der Waals surface area contributed by atoms with E-state index < -0.39 is 29.9 Å². The van der Waals surface area contributed by atoms with Gasteiger partial charge in [-0.15, -0.1) is 0 Å². The van der Waals surface area contributed by atoms with Gasteiger partial charge in [-0.2, -0.15) is 0 Å². The molecule has 6 nitrogen and oxygen atoms in total. The molecule has 1 amide bonds. The molecule has 0 spiro atoms. The lowest BCUT2D eigenvalue weighted by molar-refractivity contribution is -0.147. The van der Waals surface area contributed by atoms with Crippen LogP contribution in [0.25, 0.3) is 0 Å². The maximum absolute atomic E-state index is 12.5. The van der Waals surface area contributed by atoms with Gasteiger partial charge in [-0.25, -0.2) is 0 Å². The predicted octanol–water partition coefficient (Wildman–Crippen LogP) is 2.45. The van der Waals surface area contributed by atoms with Crippen molar-refractivity contribution in [3.8, 4) is 0 Å². The van der Waals surface area contributed by atoms with E-state index >= 15 is 0 Å². The molecule has 1 unspecified atom stereocenters. The first-order chi connectivity index (χ1) is 12.0. The Balaban J connectivity index is 1.78. The van der Waals surface area contributed by atoms with Crippen LogP contribution in [0.3, 0.4) is 0 Å². The standard InChI is InChI=1S/C18H16ClN2O4/c19-12-6-4-5-11(9-12)10-14-15(20-16(14)18(23)24)17(22)21(25)13-7-2-1-3-8-13/h1-9,14-16,20H,10H2,(H,23,24)/q-1/t14-,15?,16+/m1/s1. The van der Waals surface area contributed by atoms with E-state index in [2.05, 4.69) is 5.32 Å². The van der Waals surface area contributed by atoms with Crippen LogP contribution in [0.4, 0.5) is 5.69 Å². The van der Waals surface area contributed by atoms with Crippen molar-refractivity contribution in [2.75, 3.05) is 5.06 Å². The number of halogens is 1. The Morgan fingerprint density at radius 3 is 2.48 bits per heavy atom. The van der Waals surface area contributed by atoms with Crippen LogP contribution in [0, 0.1) is 11.1 Å². The Morgan fingerprint density at radius 2 is 1.84 bits per heavy atom. The zero-order chi connectivity index (χ0) is 18.0. The van der Waals surface area contributed by atoms with Gasteiger partial charge < -0.3 is 15.4 Å². The van der Waals surface area contributed by atoms with Crippen LogP contribution in [0.2, 0.25) is 5.02 Å². The summed E-state index contributed by atoms with van der Waals surface area (Å²) in [5, 5.41) is 25.1. The van der Waals surface area contributed by atoms with Gasteiger partial charge in [-0.05, 0) is 36.2 Å². The van der Waals surface area contributed by atoms with E-state index in [-0.39, 0.29) is 5.69 Å². The molecule has 2 aromatic rings. The van der Waals surface area contributed by atoms with E-state index in [4.69, 9.17) is 11.6 Å². The first-order valence-electron chi connectivity index (χ1n) is 7.77. The number of hydrogen-bond acceptors (Lipinski definition) is 4. The summed E-state index contributed by atoms with van der Waals surface area (Å²) >= 11 is 5.96. The maximum atomic E-state index is 12.5. The predicted molar refractivity (Wildman–Crippen MR) is 94.3 cm³/mol. The van der Waals surface area contributed by atoms with Gasteiger partial charge in [0.2, 0.25) is 5.91 Å². The number of carboxylic acids is 1. The summed E-state index contributed by atoms with van der Waals surface area (Å²) in [5.41, 5.74) is 1.04. The molecule has 0 bridgehead atoms. The second-order valence-corrected chi connectivity index (χ2v) is 6.36. The average Bonchev–Trinajstić information content (AvgIpc) is 2.58. The van der Waals surface area contributed by atoms with E-state index in [1.165, 1.54) is 12.1 Å². The fourth-order valence-corrected chi connectivity index (χ4v) is 3.23. The number of nitrogens with one attached hydrogen (secondary N) is 1. The van der Waals surface area contributed by atoms with Crippen molar-refractivity contribution in [3.63, 3.8) is 0 Å². The highest BCUT2D eigenvalue weighted by atomic mass is 35.5. The maximum Gasteiger partial charge on any atom is 0.321 e. The highest BCUT2D eigenvalue weighted by molar-refractivity contribution is 6.30. The number of hydrogen-bond donors (Lipinski definition) is 2. The minimum Gasteiger partial charge on any atom is -0.752 e. The summed E-state index contributed by atoms with van der Waals surface area (Å²) in [5.74, 6) is -2.27. The highest BCUT2D eigenvalue weighted by Crippen LogP contribution is 2.29. The van der Waals surface area contributed by atoms with Crippen LogP contribution in [0.1, 0.15) is 5.56 Å². The molecule has 1 saturated heterocycles. The van der Waals surface area contributed by atoms with Gasteiger partial charge in [0.1, 0.15) is 6.04 Å². The van der Waals surface area contributed by atoms with Crippen molar-refractivity contribution in [1.82, 2.24) is 5.32 Å². The molecule has 1 fully saturated rings. The fourth-order valence-electron chi connectivity index (χ4n) is 3.01. The summed E-state index contributed by atoms with van der Waals surface area (Å²) < 4.78 is 0. The van der Waals surface area contributed by atoms with E-state index in [0.717, 1.165) is 5.56 Å². The smallest absolute Gasteiger partial charge is 0.321 e. The van der Waals surface area contributed by atoms with Gasteiger partial charge in [0.25, 0.3) is 0 Å². The number of benzene rings is 2. The molecular weight excluding hydrogens is 344 g/mol. The van der Waals surface area contributed by atoms with Gasteiger partial charge in [0.05, 0.1) is 6.04 Å². The molecule has 130 valence electrons. The molecule has 0 radical (unpaired) electrons. The minimum atomic E-state index is -1.05. The normalized spacial score (nSPS) is 22.1. The van der Waals surface area contributed by atoms with Crippen LogP contribution < -0.4 is 10.4 Å². The van der Waals surface area contributed by atoms with Crippen molar-refractivity contribution in [1.29, 1.82) is 0 Å². The average molecular weight is 360 g/mol. The Labute approximate surface area is 149 Å². The van der Waals surface area contributed by atoms with Crippen molar-refractivity contribution in [3.05, 3.63) is 70.4 Å². The second kappa shape index (κ2) is 7.23. The molecule has 1 aliphatic heterocycles. The van der Waals surface area contributed by atoms with Gasteiger partial charge >= 0.3 is 5.97 Å². The number of anilines is 1. The van der Waals surface area contributed by atoms with Crippen molar-refractivity contribution in [2.45, 2.75) is 18.5 Å². The molecule has 0 aromatic heterocycles. The molecule has 2 aromatic carbocycles. The number of nitrogens with zero attached hydrogens (tertiary/aromatic N) is 1. The minimum absolute atomic E-state index is 0.217. The molecule has 3 atom stereocenters. The van der Waals surface area contributed by atoms with Crippen LogP contribution in [-0.2, 0) is 16.0 Å². The first kappa shape index (κ1) is 17.4. The second-order valence-electron chi connectivity index (χ2n) is 5.93. The third-order valence-corrected chi connectivity index (χ3v) is 4.53. The van der Waals surface area contributed by atoms with Gasteiger partial charge in [0, 0.05) is 16.6 Å². The molecular formula is C18H16ClN2O4-. The third-order valence-electron chi connectivity index (χ3n) is 4.30. The molecule has 0 saturated carbocycles. The molecule has 3 rings (SSSR count). The summed E-state index contributed by atoms with van der Waals surface area (Å²) in [6, 6.07) is 13.4. The Kier molecular flexibility index (Phi) is 5.03. The lowest BCUT2D eigenvalue weighted by Gasteiger charge is -2.46. The van der Waals surface area contributed by atoms with Gasteiger partial charge in [-0.1, -0.05) is 41.9 Å². The number of carboxylic acid groups (broad SMARTS) is 1. The first-order valence-corrected chi connectivity index (χ1v) is 8.14. The SMILES string of the molecule is O=C(O)[C@H]1NC(C(=O)N([O-])c2ccccc2)[C@H]1Cc1cccc(Cl)c1. The third kappa shape index (κ3) is 3.66. The van der Waals surface area contributed by atoms with Crippen molar-refractivity contribution < 1.29 is 14.7 Å². The summed E-state index contributed by atoms with van der Waals surface area (Å²) in [4.78, 5) is 23.9. The molecule has 25 heavy (non-hydrogen) atoms. The monoisotopic (exact) mass is 359 g/mol. The largest absolute Gasteiger partial charge is 0.752 e. The Bertz CT molecular complexity index is 784. The summed E-state index contributed by atoms with van der Waals surface area (Å²) in [7, 11) is 0. The number of rotatable bonds is 5. The Morgan fingerprint density at radius 1 is 1.12 bits per heavy atom. The van der Waals surface area contributed by atoms with E-state index in [1.807, 2.05) is 6.07 Å². The summed E-state index contributed by atoms with van der Waals surface area (Å²) in [6.07, 6.45) is 0.337. The van der Waals surface area contributed by atoms with Gasteiger partial charge in [0.15, 0.2) is 0 Å². The topological polar surface area (TPSA) is 92.7 Å². The highest BCUT2D eigenvalue weighted by Gasteiger charge is 2.48. The molecule has 0 aliphatic carbocycles. The number of para-hydroxylation sites is 1. The Hall–Kier alpha value is -2.41. The lowest BCUT2D eigenvalue weighted by Crippen LogP contribution is -2.70. The van der Waals surface area contributed by atoms with Crippen LogP contribution in [-0.4, -0.2) is 29.1 Å². The van der Waals surface area contributed by atoms with Crippen molar-refractivity contribution >= 4 is 29.2 Å². The van der Waals surface area contributed by atoms with Gasteiger partial charge in [-0.3, -0.25) is 14.9 Å². The van der Waals surface area contributed by atoms with E-state index in [9.17, 15) is 19.9 Å². The number of hydroxylamine groups is 1. The number of carbonyl (C=O) groups excluding carboxylic acids is 1. The molecule has 7 heteroatoms. The van der Waals surface area contributed by atoms with E-state index in [1.54, 1.807) is 36.4 Å². The van der Waals surface area contributed by atoms with Crippen molar-refractivity contribution in [2.24, 2.45) is 5.92 Å². The molecule has 2 N–H and O–H groups in total. The zero-order valence-corrected chi connectivity index (χ0v) is 13.9. The summed E-state index contributed by atoms with van der Waals surface area (Å²) in [6.45, 7) is 0.